The maximum Gasteiger partial charge on any atom is 0.418 e. The first-order valence-corrected chi connectivity index (χ1v) is 7.72. The van der Waals surface area contributed by atoms with Gasteiger partial charge < -0.3 is 10.1 Å². The summed E-state index contributed by atoms with van der Waals surface area (Å²) in [6, 6.07) is 9.70. The molecule has 0 spiro atoms. The minimum Gasteiger partial charge on any atom is -0.452 e. The molecule has 2 aromatic carbocycles. The van der Waals surface area contributed by atoms with Gasteiger partial charge in [0.25, 0.3) is 11.6 Å². The van der Waals surface area contributed by atoms with Gasteiger partial charge in [-0.25, -0.2) is 4.79 Å². The van der Waals surface area contributed by atoms with Gasteiger partial charge >= 0.3 is 12.1 Å². The molecular weight excluding hydrogens is 381 g/mol. The highest BCUT2D eigenvalue weighted by molar-refractivity contribution is 5.95. The number of benzene rings is 2. The van der Waals surface area contributed by atoms with Crippen LogP contribution in [0.4, 0.5) is 24.5 Å². The van der Waals surface area contributed by atoms with Gasteiger partial charge in [-0.2, -0.15) is 13.2 Å². The molecule has 146 valence electrons. The van der Waals surface area contributed by atoms with E-state index in [0.717, 1.165) is 18.2 Å². The fourth-order valence-electron chi connectivity index (χ4n) is 2.08. The quantitative estimate of drug-likeness (QED) is 0.348. The van der Waals surface area contributed by atoms with Crippen molar-refractivity contribution in [1.29, 1.82) is 0 Å². The number of non-ortho nitro benzene ring substituents is 1. The number of nitro groups is 1. The van der Waals surface area contributed by atoms with Crippen LogP contribution in [0.3, 0.4) is 0 Å². The van der Waals surface area contributed by atoms with E-state index in [9.17, 15) is 32.9 Å². The number of anilines is 1. The zero-order valence-corrected chi connectivity index (χ0v) is 14.1. The fourth-order valence-corrected chi connectivity index (χ4v) is 2.08. The van der Waals surface area contributed by atoms with Gasteiger partial charge in [-0.15, -0.1) is 0 Å². The van der Waals surface area contributed by atoms with Crippen LogP contribution in [0.25, 0.3) is 6.08 Å². The van der Waals surface area contributed by atoms with E-state index in [-0.39, 0.29) is 5.69 Å². The minimum absolute atomic E-state index is 0.115. The Morgan fingerprint density at radius 2 is 1.75 bits per heavy atom. The maximum absolute atomic E-state index is 12.9. The first-order valence-electron chi connectivity index (χ1n) is 7.72. The number of carbonyl (C=O) groups excluding carboxylic acids is 2. The summed E-state index contributed by atoms with van der Waals surface area (Å²) in [6.07, 6.45) is -2.35. The van der Waals surface area contributed by atoms with Crippen molar-refractivity contribution in [3.63, 3.8) is 0 Å². The summed E-state index contributed by atoms with van der Waals surface area (Å²) in [4.78, 5) is 33.3. The van der Waals surface area contributed by atoms with Crippen molar-refractivity contribution in [1.82, 2.24) is 0 Å². The van der Waals surface area contributed by atoms with Crippen LogP contribution >= 0.6 is 0 Å². The number of alkyl halides is 3. The van der Waals surface area contributed by atoms with Gasteiger partial charge in [-0.3, -0.25) is 14.9 Å². The number of nitrogens with zero attached hydrogens (tertiary/aromatic N) is 1. The molecule has 1 N–H and O–H groups in total. The van der Waals surface area contributed by atoms with Crippen LogP contribution in [-0.2, 0) is 20.5 Å². The summed E-state index contributed by atoms with van der Waals surface area (Å²) in [5, 5.41) is 12.6. The SMILES string of the molecule is O=C(COC(=O)/C=C/c1ccc([N+](=O)[O-])cc1)Nc1ccccc1C(F)(F)F. The van der Waals surface area contributed by atoms with E-state index in [1.54, 1.807) is 0 Å². The molecule has 2 rings (SSSR count). The van der Waals surface area contributed by atoms with Crippen LogP contribution in [0.1, 0.15) is 11.1 Å². The molecule has 0 saturated carbocycles. The lowest BCUT2D eigenvalue weighted by molar-refractivity contribution is -0.384. The molecule has 1 amide bonds. The number of hydrogen-bond donors (Lipinski definition) is 1. The van der Waals surface area contributed by atoms with Crippen LogP contribution in [0.2, 0.25) is 0 Å². The molecular formula is C18H13F3N2O5. The Labute approximate surface area is 156 Å². The zero-order chi connectivity index (χ0) is 20.7. The Kier molecular flexibility index (Phi) is 6.48. The second kappa shape index (κ2) is 8.80. The number of hydrogen-bond acceptors (Lipinski definition) is 5. The van der Waals surface area contributed by atoms with Gasteiger partial charge in [0, 0.05) is 18.2 Å². The van der Waals surface area contributed by atoms with E-state index < -0.39 is 40.8 Å². The zero-order valence-electron chi connectivity index (χ0n) is 14.1. The van der Waals surface area contributed by atoms with Crippen LogP contribution in [-0.4, -0.2) is 23.4 Å². The number of para-hydroxylation sites is 1. The molecule has 0 aromatic heterocycles. The molecule has 0 radical (unpaired) electrons. The van der Waals surface area contributed by atoms with E-state index >= 15 is 0 Å². The molecule has 10 heteroatoms. The normalized spacial score (nSPS) is 11.2. The molecule has 0 aliphatic heterocycles. The van der Waals surface area contributed by atoms with Gasteiger partial charge in [0.1, 0.15) is 0 Å². The van der Waals surface area contributed by atoms with Crippen LogP contribution < -0.4 is 5.32 Å². The van der Waals surface area contributed by atoms with Crippen LogP contribution in [0.15, 0.2) is 54.6 Å². The van der Waals surface area contributed by atoms with Crippen molar-refractivity contribution >= 4 is 29.3 Å². The summed E-state index contributed by atoms with van der Waals surface area (Å²) >= 11 is 0. The second-order valence-electron chi connectivity index (χ2n) is 5.38. The third-order valence-electron chi connectivity index (χ3n) is 3.37. The van der Waals surface area contributed by atoms with Crippen molar-refractivity contribution in [2.75, 3.05) is 11.9 Å². The van der Waals surface area contributed by atoms with Crippen molar-refractivity contribution in [2.24, 2.45) is 0 Å². The van der Waals surface area contributed by atoms with Gasteiger partial charge in [-0.1, -0.05) is 12.1 Å². The van der Waals surface area contributed by atoms with Crippen molar-refractivity contribution in [3.05, 3.63) is 75.8 Å². The van der Waals surface area contributed by atoms with Crippen LogP contribution in [0, 0.1) is 10.1 Å². The molecule has 0 saturated heterocycles. The topological polar surface area (TPSA) is 98.5 Å². The second-order valence-corrected chi connectivity index (χ2v) is 5.38. The summed E-state index contributed by atoms with van der Waals surface area (Å²) in [5.74, 6) is -1.84. The van der Waals surface area contributed by atoms with Crippen molar-refractivity contribution in [3.8, 4) is 0 Å². The van der Waals surface area contributed by atoms with E-state index in [4.69, 9.17) is 0 Å². The third kappa shape index (κ3) is 5.94. The van der Waals surface area contributed by atoms with E-state index in [0.29, 0.717) is 5.56 Å². The molecule has 28 heavy (non-hydrogen) atoms. The highest BCUT2D eigenvalue weighted by Gasteiger charge is 2.33. The van der Waals surface area contributed by atoms with E-state index in [2.05, 4.69) is 4.74 Å². The Morgan fingerprint density at radius 1 is 1.11 bits per heavy atom. The lowest BCUT2D eigenvalue weighted by Gasteiger charge is -2.13. The van der Waals surface area contributed by atoms with Gasteiger partial charge in [0.2, 0.25) is 0 Å². The Balaban J connectivity index is 1.89. The Bertz CT molecular complexity index is 908. The van der Waals surface area contributed by atoms with Gasteiger partial charge in [-0.05, 0) is 35.9 Å². The minimum atomic E-state index is -4.64. The third-order valence-corrected chi connectivity index (χ3v) is 3.37. The predicted octanol–water partition coefficient (Wildman–Crippen LogP) is 3.81. The van der Waals surface area contributed by atoms with E-state index in [1.165, 1.54) is 42.5 Å². The average Bonchev–Trinajstić information content (AvgIpc) is 2.64. The predicted molar refractivity (Wildman–Crippen MR) is 93.2 cm³/mol. The highest BCUT2D eigenvalue weighted by Crippen LogP contribution is 2.34. The summed E-state index contributed by atoms with van der Waals surface area (Å²) in [6.45, 7) is -0.782. The number of nitro benzene ring substituents is 1. The number of nitrogens with one attached hydrogen (secondary N) is 1. The molecule has 0 heterocycles. The highest BCUT2D eigenvalue weighted by atomic mass is 19.4. The van der Waals surface area contributed by atoms with Gasteiger partial charge in [0.15, 0.2) is 6.61 Å². The molecule has 0 aliphatic rings. The molecule has 0 aliphatic carbocycles. The number of esters is 1. The largest absolute Gasteiger partial charge is 0.452 e. The Morgan fingerprint density at radius 3 is 2.36 bits per heavy atom. The number of amides is 1. The summed E-state index contributed by atoms with van der Waals surface area (Å²) < 4.78 is 43.2. The Hall–Kier alpha value is -3.69. The fraction of sp³-hybridized carbons (Fsp3) is 0.111. The maximum atomic E-state index is 12.9. The number of halogens is 3. The number of rotatable bonds is 6. The lowest BCUT2D eigenvalue weighted by atomic mass is 10.1. The van der Waals surface area contributed by atoms with Crippen molar-refractivity contribution < 1.29 is 32.4 Å². The molecule has 7 nitrogen and oxygen atoms in total. The summed E-state index contributed by atoms with van der Waals surface area (Å²) in [7, 11) is 0. The number of ether oxygens (including phenoxy) is 1. The molecule has 0 atom stereocenters. The first kappa shape index (κ1) is 20.6. The van der Waals surface area contributed by atoms with E-state index in [1.807, 2.05) is 5.32 Å². The monoisotopic (exact) mass is 394 g/mol. The lowest BCUT2D eigenvalue weighted by Crippen LogP contribution is -2.22. The van der Waals surface area contributed by atoms with Crippen molar-refractivity contribution in [2.45, 2.75) is 6.18 Å². The summed E-state index contributed by atoms with van der Waals surface area (Å²) in [5.41, 5.74) is -1.10. The smallest absolute Gasteiger partial charge is 0.418 e. The molecule has 0 bridgehead atoms. The first-order chi connectivity index (χ1) is 13.2. The molecule has 2 aromatic rings. The van der Waals surface area contributed by atoms with Gasteiger partial charge in [0.05, 0.1) is 16.2 Å². The average molecular weight is 394 g/mol. The molecule has 0 unspecified atom stereocenters. The molecule has 0 fully saturated rings. The standard InChI is InChI=1S/C18H13F3N2O5/c19-18(20,21)14-3-1-2-4-15(14)22-16(24)11-28-17(25)10-7-12-5-8-13(9-6-12)23(26)27/h1-10H,11H2,(H,22,24)/b10-7+. The van der Waals surface area contributed by atoms with Crippen LogP contribution in [0.5, 0.6) is 0 Å². The number of carbonyl (C=O) groups is 2.